The standard InChI is InChI=1S/C60H51F4N4O.Pt/c1-58(2,3)38-20-21-65-56(30-38)68-52-15-11-10-14-48(52)49-19-18-46(34-55(49)68)69-47-27-39(59(4,5)6)26-45(33-47)66-35-67(54-17-13-12-16-53(54)66)57-50(36-22-41(61)31-42(62)23-36)28-40(60(7,8)9)29-51(57)37-24-43(63)32-44(64)25-37;/h10-32,35H,1-9H3;/q-3;. The topological polar surface area (TPSA) is 33.5 Å². The van der Waals surface area contributed by atoms with Gasteiger partial charge in [0, 0.05) is 84.6 Å². The van der Waals surface area contributed by atoms with E-state index in [0.717, 1.165) is 62.1 Å². The molecule has 0 spiro atoms. The van der Waals surface area contributed by atoms with Crippen molar-refractivity contribution in [2.24, 2.45) is 0 Å². The average molecular weight is 1120 g/mol. The zero-order chi connectivity index (χ0) is 48.7. The maximum atomic E-state index is 15.2. The van der Waals surface area contributed by atoms with E-state index in [9.17, 15) is 0 Å². The van der Waals surface area contributed by atoms with E-state index in [0.29, 0.717) is 39.7 Å². The van der Waals surface area contributed by atoms with E-state index < -0.39 is 28.7 Å². The molecule has 0 N–H and O–H groups in total. The fourth-order valence-electron chi connectivity index (χ4n) is 9.11. The first kappa shape index (κ1) is 48.3. The molecule has 70 heavy (non-hydrogen) atoms. The minimum atomic E-state index is -0.756. The number of halogens is 4. The van der Waals surface area contributed by atoms with Gasteiger partial charge in [-0.15, -0.1) is 53.6 Å². The Kier molecular flexibility index (Phi) is 12.4. The fourth-order valence-corrected chi connectivity index (χ4v) is 9.11. The van der Waals surface area contributed by atoms with Crippen molar-refractivity contribution in [3.8, 4) is 39.6 Å². The summed E-state index contributed by atoms with van der Waals surface area (Å²) in [6.07, 6.45) is 1.85. The Morgan fingerprint density at radius 2 is 1.06 bits per heavy atom. The molecule has 0 saturated carbocycles. The summed E-state index contributed by atoms with van der Waals surface area (Å²) in [6.45, 7) is 20.9. The van der Waals surface area contributed by atoms with Crippen molar-refractivity contribution in [1.82, 2.24) is 9.55 Å². The first-order valence-corrected chi connectivity index (χ1v) is 23.0. The number of hydrogen-bond donors (Lipinski definition) is 0. The van der Waals surface area contributed by atoms with Crippen molar-refractivity contribution in [3.63, 3.8) is 0 Å². The predicted molar refractivity (Wildman–Crippen MR) is 271 cm³/mol. The van der Waals surface area contributed by atoms with Crippen LogP contribution in [0.1, 0.15) is 79.0 Å². The van der Waals surface area contributed by atoms with E-state index >= 15 is 17.6 Å². The van der Waals surface area contributed by atoms with Gasteiger partial charge in [-0.2, -0.15) is 6.07 Å². The molecule has 9 aromatic rings. The van der Waals surface area contributed by atoms with Crippen molar-refractivity contribution in [3.05, 3.63) is 198 Å². The van der Waals surface area contributed by atoms with Crippen molar-refractivity contribution >= 4 is 44.6 Å². The second-order valence-electron chi connectivity index (χ2n) is 20.9. The van der Waals surface area contributed by atoms with Crippen LogP contribution in [0.2, 0.25) is 0 Å². The van der Waals surface area contributed by atoms with Gasteiger partial charge in [-0.25, -0.2) is 22.5 Å². The number of rotatable bonds is 7. The van der Waals surface area contributed by atoms with Gasteiger partial charge in [0.05, 0.1) is 0 Å². The van der Waals surface area contributed by atoms with Crippen LogP contribution < -0.4 is 14.5 Å². The summed E-state index contributed by atoms with van der Waals surface area (Å²) in [5, 5.41) is 2.08. The number of aromatic nitrogens is 2. The van der Waals surface area contributed by atoms with Crippen molar-refractivity contribution < 1.29 is 43.4 Å². The predicted octanol–water partition coefficient (Wildman–Crippen LogP) is 16.8. The average Bonchev–Trinajstić information content (AvgIpc) is 3.83. The van der Waals surface area contributed by atoms with E-state index in [1.54, 1.807) is 0 Å². The molecule has 0 saturated heterocycles. The smallest absolute Gasteiger partial charge is 0.135 e. The summed E-state index contributed by atoms with van der Waals surface area (Å²) in [4.78, 5) is 8.74. The van der Waals surface area contributed by atoms with E-state index in [1.165, 1.54) is 24.3 Å². The van der Waals surface area contributed by atoms with Gasteiger partial charge < -0.3 is 19.1 Å². The van der Waals surface area contributed by atoms with E-state index in [1.807, 2.05) is 104 Å². The van der Waals surface area contributed by atoms with Crippen molar-refractivity contribution in [2.75, 3.05) is 9.80 Å². The third-order valence-corrected chi connectivity index (χ3v) is 12.8. The zero-order valence-electron chi connectivity index (χ0n) is 40.4. The number of para-hydroxylation sites is 3. The van der Waals surface area contributed by atoms with Gasteiger partial charge in [-0.1, -0.05) is 98.2 Å². The number of ether oxygens (including phenoxy) is 1. The van der Waals surface area contributed by atoms with Gasteiger partial charge in [0.2, 0.25) is 0 Å². The largest absolute Gasteiger partial charge is 0.509 e. The molecular weight excluding hydrogens is 1060 g/mol. The molecule has 0 bridgehead atoms. The Labute approximate surface area is 421 Å². The molecule has 1 aliphatic heterocycles. The Morgan fingerprint density at radius 1 is 0.514 bits per heavy atom. The third-order valence-electron chi connectivity index (χ3n) is 12.8. The Balaban J connectivity index is 0.00000608. The second kappa shape index (κ2) is 17.9. The number of benzene rings is 7. The van der Waals surface area contributed by atoms with E-state index in [-0.39, 0.29) is 43.0 Å². The number of anilines is 4. The third kappa shape index (κ3) is 9.12. The van der Waals surface area contributed by atoms with E-state index in [4.69, 9.17) is 9.72 Å². The van der Waals surface area contributed by atoms with Crippen LogP contribution in [0.4, 0.5) is 40.3 Å². The molecule has 0 amide bonds. The molecule has 5 nitrogen and oxygen atoms in total. The minimum absolute atomic E-state index is 0. The maximum absolute atomic E-state index is 15.2. The van der Waals surface area contributed by atoms with Crippen LogP contribution in [0.5, 0.6) is 11.5 Å². The molecule has 0 unspecified atom stereocenters. The van der Waals surface area contributed by atoms with Crippen LogP contribution in [0.25, 0.3) is 49.9 Å². The first-order chi connectivity index (χ1) is 32.7. The Hall–Kier alpha value is -6.70. The molecule has 7 aromatic carbocycles. The summed E-state index contributed by atoms with van der Waals surface area (Å²) in [5.41, 5.74) is 7.90. The molecule has 1 aliphatic rings. The fraction of sp³-hybridized carbons (Fsp3) is 0.200. The molecular formula is C60H51F4N4OPt-3. The number of hydrogen-bond acceptors (Lipinski definition) is 4. The molecule has 2 aromatic heterocycles. The quantitative estimate of drug-likeness (QED) is 0.118. The van der Waals surface area contributed by atoms with Crippen LogP contribution in [-0.2, 0) is 37.3 Å². The van der Waals surface area contributed by atoms with Crippen LogP contribution in [0.3, 0.4) is 0 Å². The minimum Gasteiger partial charge on any atom is -0.509 e. The molecule has 10 heteroatoms. The zero-order valence-corrected chi connectivity index (χ0v) is 42.7. The van der Waals surface area contributed by atoms with Gasteiger partial charge in [0.1, 0.15) is 29.1 Å². The molecule has 10 rings (SSSR count). The van der Waals surface area contributed by atoms with Crippen LogP contribution in [0.15, 0.2) is 140 Å². The molecule has 0 radical (unpaired) electrons. The normalized spacial score (nSPS) is 13.0. The van der Waals surface area contributed by atoms with Crippen molar-refractivity contribution in [2.45, 2.75) is 78.6 Å². The summed E-state index contributed by atoms with van der Waals surface area (Å²) >= 11 is 0. The Morgan fingerprint density at radius 3 is 1.64 bits per heavy atom. The van der Waals surface area contributed by atoms with Gasteiger partial charge in [0.15, 0.2) is 0 Å². The summed E-state index contributed by atoms with van der Waals surface area (Å²) in [6, 6.07) is 46.0. The Bertz CT molecular complexity index is 3380. The number of fused-ring (bicyclic) bond motifs is 4. The summed E-state index contributed by atoms with van der Waals surface area (Å²) in [7, 11) is 0. The van der Waals surface area contributed by atoms with Crippen LogP contribution >= 0.6 is 0 Å². The monoisotopic (exact) mass is 1110 g/mol. The van der Waals surface area contributed by atoms with Gasteiger partial charge in [-0.05, 0) is 111 Å². The molecule has 3 heterocycles. The first-order valence-electron chi connectivity index (χ1n) is 23.0. The van der Waals surface area contributed by atoms with Gasteiger partial charge >= 0.3 is 0 Å². The summed E-state index contributed by atoms with van der Waals surface area (Å²) < 4.78 is 69.8. The SMILES string of the molecule is CC(C)(C)c1cc(Oc2[c-]c3c(cc2)c2ccccc2n3-c2cc(C(C)(C)C)ccn2)[c-]c(N2[CH-]N(c3c(-c4cc(F)cc(F)c4)cc(C(C)(C)C)cc3-c3cc(F)cc(F)c3)c3ccccc32)c1.[Pt]. The number of pyridine rings is 1. The van der Waals surface area contributed by atoms with E-state index in [2.05, 4.69) is 94.6 Å². The molecule has 0 fully saturated rings. The molecule has 358 valence electrons. The molecule has 0 atom stereocenters. The second-order valence-corrected chi connectivity index (χ2v) is 20.9. The maximum Gasteiger partial charge on any atom is 0.135 e. The summed E-state index contributed by atoms with van der Waals surface area (Å²) in [5.74, 6) is -1.31. The van der Waals surface area contributed by atoms with Crippen LogP contribution in [0, 0.1) is 42.1 Å². The number of nitrogens with zero attached hydrogens (tertiary/aromatic N) is 4. The van der Waals surface area contributed by atoms with Crippen molar-refractivity contribution in [1.29, 1.82) is 0 Å². The van der Waals surface area contributed by atoms with Gasteiger partial charge in [-0.3, -0.25) is 0 Å². The van der Waals surface area contributed by atoms with Crippen LogP contribution in [-0.4, -0.2) is 9.55 Å². The molecule has 0 aliphatic carbocycles. The van der Waals surface area contributed by atoms with Gasteiger partial charge in [0.25, 0.3) is 0 Å².